The average Bonchev–Trinajstić information content (AvgIpc) is 2.50. The number of carbonyl (C=O) groups is 2. The van der Waals surface area contributed by atoms with Gasteiger partial charge in [0.1, 0.15) is 11.5 Å². The van der Waals surface area contributed by atoms with E-state index in [1.807, 2.05) is 0 Å². The number of hydrogen-bond donors (Lipinski definition) is 2. The number of ether oxygens (including phenoxy) is 3. The topological polar surface area (TPSA) is 94.1 Å². The zero-order valence-corrected chi connectivity index (χ0v) is 12.4. The second-order valence-electron chi connectivity index (χ2n) is 4.32. The Morgan fingerprint density at radius 3 is 2.00 bits per heavy atom. The molecule has 1 aromatic rings. The molecule has 0 aliphatic carbocycles. The Labute approximate surface area is 122 Å². The molecule has 0 aliphatic rings. The Hall–Kier alpha value is -2.28. The molecule has 0 saturated carbocycles. The first-order chi connectivity index (χ1) is 9.92. The predicted molar refractivity (Wildman–Crippen MR) is 74.5 cm³/mol. The number of amides is 1. The highest BCUT2D eigenvalue weighted by Gasteiger charge is 2.27. The van der Waals surface area contributed by atoms with E-state index in [1.165, 1.54) is 40.4 Å². The first-order valence-electron chi connectivity index (χ1n) is 6.22. The maximum Gasteiger partial charge on any atom is 0.331 e. The van der Waals surface area contributed by atoms with E-state index in [0.29, 0.717) is 11.5 Å². The number of benzene rings is 1. The van der Waals surface area contributed by atoms with Gasteiger partial charge >= 0.3 is 5.97 Å². The molecule has 0 aliphatic heterocycles. The SMILES string of the molecule is COC(=O)[C@@H](NC(=O)c1cc(OC)cc(OC)c1)C(C)O. The van der Waals surface area contributed by atoms with Gasteiger partial charge in [0.15, 0.2) is 6.04 Å². The molecule has 2 N–H and O–H groups in total. The molecule has 2 atom stereocenters. The summed E-state index contributed by atoms with van der Waals surface area (Å²) in [5, 5.41) is 12.0. The Morgan fingerprint density at radius 2 is 1.62 bits per heavy atom. The maximum absolute atomic E-state index is 12.2. The summed E-state index contributed by atoms with van der Waals surface area (Å²) in [5.74, 6) is -0.408. The monoisotopic (exact) mass is 297 g/mol. The van der Waals surface area contributed by atoms with Crippen molar-refractivity contribution in [3.8, 4) is 11.5 Å². The zero-order valence-electron chi connectivity index (χ0n) is 12.4. The van der Waals surface area contributed by atoms with Crippen LogP contribution in [0.5, 0.6) is 11.5 Å². The van der Waals surface area contributed by atoms with Crippen molar-refractivity contribution in [2.45, 2.75) is 19.1 Å². The van der Waals surface area contributed by atoms with Gasteiger partial charge in [0.25, 0.3) is 5.91 Å². The van der Waals surface area contributed by atoms with Gasteiger partial charge in [-0.05, 0) is 19.1 Å². The molecule has 0 saturated heterocycles. The Morgan fingerprint density at radius 1 is 1.10 bits per heavy atom. The van der Waals surface area contributed by atoms with E-state index in [9.17, 15) is 14.7 Å². The first kappa shape index (κ1) is 16.8. The predicted octanol–water partition coefficient (Wildman–Crippen LogP) is 0.356. The van der Waals surface area contributed by atoms with Crippen LogP contribution in [0, 0.1) is 0 Å². The fourth-order valence-corrected chi connectivity index (χ4v) is 1.67. The van der Waals surface area contributed by atoms with Crippen LogP contribution in [0.15, 0.2) is 18.2 Å². The molecule has 0 bridgehead atoms. The third kappa shape index (κ3) is 4.35. The van der Waals surface area contributed by atoms with Gasteiger partial charge in [0, 0.05) is 11.6 Å². The van der Waals surface area contributed by atoms with Crippen molar-refractivity contribution in [3.05, 3.63) is 23.8 Å². The molecule has 7 heteroatoms. The first-order valence-corrected chi connectivity index (χ1v) is 6.22. The molecule has 1 rings (SSSR count). The summed E-state index contributed by atoms with van der Waals surface area (Å²) in [5.41, 5.74) is 0.237. The minimum atomic E-state index is -1.15. The fraction of sp³-hybridized carbons (Fsp3) is 0.429. The third-order valence-corrected chi connectivity index (χ3v) is 2.84. The highest BCUT2D eigenvalue weighted by Crippen LogP contribution is 2.22. The van der Waals surface area contributed by atoms with E-state index in [0.717, 1.165) is 0 Å². The lowest BCUT2D eigenvalue weighted by Gasteiger charge is -2.19. The summed E-state index contributed by atoms with van der Waals surface area (Å²) in [4.78, 5) is 23.7. The van der Waals surface area contributed by atoms with E-state index in [2.05, 4.69) is 10.1 Å². The van der Waals surface area contributed by atoms with Gasteiger partial charge < -0.3 is 24.6 Å². The van der Waals surface area contributed by atoms with Crippen LogP contribution < -0.4 is 14.8 Å². The van der Waals surface area contributed by atoms with Gasteiger partial charge in [-0.3, -0.25) is 4.79 Å². The van der Waals surface area contributed by atoms with Gasteiger partial charge in [-0.1, -0.05) is 0 Å². The molecule has 1 unspecified atom stereocenters. The Balaban J connectivity index is 2.99. The van der Waals surface area contributed by atoms with Crippen LogP contribution in [-0.4, -0.2) is 50.5 Å². The number of esters is 1. The van der Waals surface area contributed by atoms with Crippen molar-refractivity contribution in [1.29, 1.82) is 0 Å². The third-order valence-electron chi connectivity index (χ3n) is 2.84. The van der Waals surface area contributed by atoms with Crippen LogP contribution in [0.2, 0.25) is 0 Å². The second-order valence-corrected chi connectivity index (χ2v) is 4.32. The van der Waals surface area contributed by atoms with E-state index in [4.69, 9.17) is 9.47 Å². The number of aliphatic hydroxyl groups is 1. The van der Waals surface area contributed by atoms with E-state index in [1.54, 1.807) is 6.07 Å². The van der Waals surface area contributed by atoms with Crippen molar-refractivity contribution in [2.24, 2.45) is 0 Å². The van der Waals surface area contributed by atoms with Crippen LogP contribution in [0.25, 0.3) is 0 Å². The largest absolute Gasteiger partial charge is 0.497 e. The molecule has 116 valence electrons. The number of aliphatic hydroxyl groups excluding tert-OH is 1. The van der Waals surface area contributed by atoms with Gasteiger partial charge in [-0.25, -0.2) is 4.79 Å². The number of carbonyl (C=O) groups excluding carboxylic acids is 2. The van der Waals surface area contributed by atoms with Crippen molar-refractivity contribution in [1.82, 2.24) is 5.32 Å². The molecule has 0 radical (unpaired) electrons. The maximum atomic E-state index is 12.2. The summed E-state index contributed by atoms with van der Waals surface area (Å²) >= 11 is 0. The summed E-state index contributed by atoms with van der Waals surface area (Å²) in [6.07, 6.45) is -1.09. The number of methoxy groups -OCH3 is 3. The Bertz CT molecular complexity index is 492. The molecule has 1 amide bonds. The van der Waals surface area contributed by atoms with Crippen LogP contribution in [0.4, 0.5) is 0 Å². The highest BCUT2D eigenvalue weighted by atomic mass is 16.5. The minimum absolute atomic E-state index is 0.237. The van der Waals surface area contributed by atoms with Gasteiger partial charge in [0.2, 0.25) is 0 Å². The van der Waals surface area contributed by atoms with Crippen molar-refractivity contribution in [2.75, 3.05) is 21.3 Å². The van der Waals surface area contributed by atoms with Crippen LogP contribution in [-0.2, 0) is 9.53 Å². The standard InChI is InChI=1S/C14H19NO6/c1-8(16)12(14(18)21-4)15-13(17)9-5-10(19-2)7-11(6-9)20-3/h5-8,12,16H,1-4H3,(H,15,17)/t8?,12-/m0/s1. The quantitative estimate of drug-likeness (QED) is 0.736. The van der Waals surface area contributed by atoms with Crippen molar-refractivity contribution >= 4 is 11.9 Å². The Kier molecular flexibility index (Phi) is 5.98. The van der Waals surface area contributed by atoms with Gasteiger partial charge in [-0.2, -0.15) is 0 Å². The van der Waals surface area contributed by atoms with E-state index < -0.39 is 24.0 Å². The number of rotatable bonds is 6. The lowest BCUT2D eigenvalue weighted by atomic mass is 10.1. The van der Waals surface area contributed by atoms with Gasteiger partial charge in [0.05, 0.1) is 27.4 Å². The minimum Gasteiger partial charge on any atom is -0.497 e. The summed E-state index contributed by atoms with van der Waals surface area (Å²) in [7, 11) is 4.10. The molecule has 0 fully saturated rings. The van der Waals surface area contributed by atoms with E-state index >= 15 is 0 Å². The summed E-state index contributed by atoms with van der Waals surface area (Å²) in [6, 6.07) is 3.45. The average molecular weight is 297 g/mol. The summed E-state index contributed by atoms with van der Waals surface area (Å²) in [6.45, 7) is 1.38. The molecular weight excluding hydrogens is 278 g/mol. The molecule has 0 aromatic heterocycles. The lowest BCUT2D eigenvalue weighted by Crippen LogP contribution is -2.48. The fourth-order valence-electron chi connectivity index (χ4n) is 1.67. The van der Waals surface area contributed by atoms with E-state index in [-0.39, 0.29) is 5.56 Å². The second kappa shape index (κ2) is 7.49. The number of nitrogens with one attached hydrogen (secondary N) is 1. The molecular formula is C14H19NO6. The molecule has 21 heavy (non-hydrogen) atoms. The zero-order chi connectivity index (χ0) is 16.0. The smallest absolute Gasteiger partial charge is 0.331 e. The molecule has 1 aromatic carbocycles. The van der Waals surface area contributed by atoms with Crippen LogP contribution in [0.3, 0.4) is 0 Å². The van der Waals surface area contributed by atoms with Crippen LogP contribution in [0.1, 0.15) is 17.3 Å². The molecule has 0 heterocycles. The lowest BCUT2D eigenvalue weighted by molar-refractivity contribution is -0.145. The van der Waals surface area contributed by atoms with Crippen molar-refractivity contribution in [3.63, 3.8) is 0 Å². The molecule has 7 nitrogen and oxygen atoms in total. The normalized spacial score (nSPS) is 13.0. The highest BCUT2D eigenvalue weighted by molar-refractivity contribution is 5.97. The number of hydrogen-bond acceptors (Lipinski definition) is 6. The summed E-state index contributed by atoms with van der Waals surface area (Å²) < 4.78 is 14.7. The van der Waals surface area contributed by atoms with Gasteiger partial charge in [-0.15, -0.1) is 0 Å². The van der Waals surface area contributed by atoms with Crippen LogP contribution >= 0.6 is 0 Å². The molecule has 0 spiro atoms. The van der Waals surface area contributed by atoms with Crippen molar-refractivity contribution < 1.29 is 28.9 Å².